The molecular weight excluding hydrogens is 674 g/mol. The van der Waals surface area contributed by atoms with Crippen molar-refractivity contribution < 1.29 is 17.6 Å². The van der Waals surface area contributed by atoms with Crippen LogP contribution in [0.25, 0.3) is 0 Å². The number of halogens is 1. The van der Waals surface area contributed by atoms with E-state index >= 15 is 4.39 Å². The number of anilines is 1. The smallest absolute Gasteiger partial charge is 0.243 e. The molecule has 0 bridgehead atoms. The van der Waals surface area contributed by atoms with E-state index in [2.05, 4.69) is 50.4 Å². The van der Waals surface area contributed by atoms with Crippen LogP contribution in [0.4, 0.5) is 10.1 Å². The quantitative estimate of drug-likeness (QED) is 0.155. The highest BCUT2D eigenvalue weighted by molar-refractivity contribution is 7.91. The number of benzene rings is 3. The Morgan fingerprint density at radius 2 is 1.71 bits per heavy atom. The van der Waals surface area contributed by atoms with Crippen LogP contribution in [0, 0.1) is 23.6 Å². The number of aryl methyl sites for hydroxylation is 1. The van der Waals surface area contributed by atoms with E-state index in [1.165, 1.54) is 12.1 Å². The molecule has 1 amide bonds. The molecular formula is C42H50FN5O3S. The van der Waals surface area contributed by atoms with Gasteiger partial charge in [0.2, 0.25) is 15.7 Å². The average Bonchev–Trinajstić information content (AvgIpc) is 3.82. The summed E-state index contributed by atoms with van der Waals surface area (Å²) in [6.45, 7) is 11.3. The van der Waals surface area contributed by atoms with Crippen molar-refractivity contribution in [3.63, 3.8) is 0 Å². The van der Waals surface area contributed by atoms with E-state index in [1.54, 1.807) is 42.5 Å². The lowest BCUT2D eigenvalue weighted by atomic mass is 9.58. The molecule has 10 heteroatoms. The van der Waals surface area contributed by atoms with Crippen molar-refractivity contribution in [2.24, 2.45) is 17.8 Å². The molecule has 274 valence electrons. The van der Waals surface area contributed by atoms with Crippen LogP contribution in [-0.4, -0.2) is 67.5 Å². The van der Waals surface area contributed by atoms with Crippen molar-refractivity contribution in [2.75, 3.05) is 37.6 Å². The number of carbonyl (C=O) groups is 1. The number of carbonyl (C=O) groups excluding carboxylic acids is 1. The maximum atomic E-state index is 15.1. The maximum absolute atomic E-state index is 15.1. The number of aromatic nitrogens is 2. The highest BCUT2D eigenvalue weighted by Gasteiger charge is 2.52. The maximum Gasteiger partial charge on any atom is 0.243 e. The molecule has 52 heavy (non-hydrogen) atoms. The Morgan fingerprint density at radius 1 is 0.981 bits per heavy atom. The summed E-state index contributed by atoms with van der Waals surface area (Å²) in [5.74, 6) is 1.59. The Kier molecular flexibility index (Phi) is 10.7. The molecule has 4 aromatic rings. The van der Waals surface area contributed by atoms with Crippen molar-refractivity contribution in [3.8, 4) is 0 Å². The van der Waals surface area contributed by atoms with Crippen LogP contribution in [0.1, 0.15) is 50.4 Å². The zero-order valence-corrected chi connectivity index (χ0v) is 30.9. The number of likely N-dealkylation sites (tertiary alicyclic amines) is 1. The third-order valence-electron chi connectivity index (χ3n) is 12.0. The molecule has 0 radical (unpaired) electrons. The minimum Gasteiger partial charge on any atom is -0.371 e. The molecule has 2 aliphatic heterocycles. The summed E-state index contributed by atoms with van der Waals surface area (Å²) in [6, 6.07) is 23.0. The third-order valence-corrected chi connectivity index (χ3v) is 13.7. The van der Waals surface area contributed by atoms with Crippen LogP contribution in [0.5, 0.6) is 0 Å². The number of sulfone groups is 1. The number of hydrogen-bond acceptors (Lipinski definition) is 6. The molecule has 0 spiro atoms. The summed E-state index contributed by atoms with van der Waals surface area (Å²) in [5, 5.41) is 3.28. The topological polar surface area (TPSA) is 87.5 Å². The molecule has 1 aromatic heterocycles. The van der Waals surface area contributed by atoms with E-state index < -0.39 is 15.3 Å². The van der Waals surface area contributed by atoms with Crippen LogP contribution >= 0.6 is 0 Å². The largest absolute Gasteiger partial charge is 0.371 e. The van der Waals surface area contributed by atoms with Crippen LogP contribution in [0.3, 0.4) is 0 Å². The van der Waals surface area contributed by atoms with E-state index in [0.717, 1.165) is 88.3 Å². The number of rotatable bonds is 13. The molecule has 2 saturated heterocycles. The lowest BCUT2D eigenvalue weighted by Gasteiger charge is -2.51. The van der Waals surface area contributed by atoms with Gasteiger partial charge in [-0.05, 0) is 111 Å². The summed E-state index contributed by atoms with van der Waals surface area (Å²) in [4.78, 5) is 22.9. The molecule has 1 N–H and O–H groups in total. The van der Waals surface area contributed by atoms with E-state index in [9.17, 15) is 13.2 Å². The van der Waals surface area contributed by atoms with Gasteiger partial charge in [-0.2, -0.15) is 0 Å². The number of imidazole rings is 1. The first-order valence-electron chi connectivity index (χ1n) is 18.8. The summed E-state index contributed by atoms with van der Waals surface area (Å²) in [7, 11) is -3.54. The molecule has 3 fully saturated rings. The SMILES string of the molecule is C=CC(=O)N[C@H]1CCC[C@@H]1C(Cn1ccnc1CC)(c1cccc(F)c1)C1CCN(CC2CN(c3ccc(S(=O)(=O)c4ccccc4)cc3)C2)CC1. The van der Waals surface area contributed by atoms with E-state index in [1.807, 2.05) is 30.5 Å². The van der Waals surface area contributed by atoms with Gasteiger partial charge in [0, 0.05) is 68.1 Å². The second kappa shape index (κ2) is 15.4. The van der Waals surface area contributed by atoms with Gasteiger partial charge in [-0.1, -0.05) is 50.3 Å². The Labute approximate surface area is 307 Å². The predicted octanol–water partition coefficient (Wildman–Crippen LogP) is 6.67. The van der Waals surface area contributed by atoms with Crippen LogP contribution in [-0.2, 0) is 33.0 Å². The van der Waals surface area contributed by atoms with E-state index in [4.69, 9.17) is 0 Å². The number of nitrogens with zero attached hydrogens (tertiary/aromatic N) is 4. The van der Waals surface area contributed by atoms with Crippen LogP contribution in [0.15, 0.2) is 114 Å². The highest BCUT2D eigenvalue weighted by atomic mass is 32.2. The number of piperidine rings is 1. The van der Waals surface area contributed by atoms with Crippen LogP contribution < -0.4 is 10.2 Å². The minimum absolute atomic E-state index is 0.0196. The molecule has 3 atom stereocenters. The zero-order chi connectivity index (χ0) is 36.3. The molecule has 8 nitrogen and oxygen atoms in total. The van der Waals surface area contributed by atoms with Gasteiger partial charge in [0.15, 0.2) is 0 Å². The second-order valence-corrected chi connectivity index (χ2v) is 16.8. The first-order chi connectivity index (χ1) is 25.2. The second-order valence-electron chi connectivity index (χ2n) is 14.9. The molecule has 3 heterocycles. The average molecular weight is 724 g/mol. The Morgan fingerprint density at radius 3 is 2.40 bits per heavy atom. The predicted molar refractivity (Wildman–Crippen MR) is 202 cm³/mol. The first-order valence-corrected chi connectivity index (χ1v) is 20.3. The Balaban J connectivity index is 1.06. The van der Waals surface area contributed by atoms with Gasteiger partial charge in [0.25, 0.3) is 0 Å². The lowest BCUT2D eigenvalue weighted by Crippen LogP contribution is -2.56. The van der Waals surface area contributed by atoms with Gasteiger partial charge >= 0.3 is 0 Å². The summed E-state index contributed by atoms with van der Waals surface area (Å²) in [5.41, 5.74) is 1.66. The number of amides is 1. The van der Waals surface area contributed by atoms with Gasteiger partial charge in [-0.25, -0.2) is 17.8 Å². The number of hydrogen-bond donors (Lipinski definition) is 1. The Bertz CT molecular complexity index is 1950. The molecule has 7 rings (SSSR count). The van der Waals surface area contributed by atoms with Gasteiger partial charge in [-0.15, -0.1) is 0 Å². The van der Waals surface area contributed by atoms with E-state index in [0.29, 0.717) is 22.3 Å². The van der Waals surface area contributed by atoms with Crippen LogP contribution in [0.2, 0.25) is 0 Å². The molecule has 1 aliphatic carbocycles. The van der Waals surface area contributed by atoms with Crippen molar-refractivity contribution >= 4 is 21.4 Å². The van der Waals surface area contributed by atoms with Crippen molar-refractivity contribution in [1.29, 1.82) is 0 Å². The Hall–Kier alpha value is -4.28. The normalized spacial score (nSPS) is 21.4. The van der Waals surface area contributed by atoms with Gasteiger partial charge < -0.3 is 19.7 Å². The minimum atomic E-state index is -3.54. The summed E-state index contributed by atoms with van der Waals surface area (Å²) in [6.07, 6.45) is 10.9. The molecule has 1 unspecified atom stereocenters. The third kappa shape index (κ3) is 7.20. The summed E-state index contributed by atoms with van der Waals surface area (Å²) >= 11 is 0. The lowest BCUT2D eigenvalue weighted by molar-refractivity contribution is -0.117. The molecule has 1 saturated carbocycles. The highest BCUT2D eigenvalue weighted by Crippen LogP contribution is 2.52. The van der Waals surface area contributed by atoms with Crippen molar-refractivity contribution in [2.45, 2.75) is 73.2 Å². The molecule has 3 aromatic carbocycles. The van der Waals surface area contributed by atoms with Crippen molar-refractivity contribution in [1.82, 2.24) is 19.8 Å². The first kappa shape index (κ1) is 36.1. The van der Waals surface area contributed by atoms with Gasteiger partial charge in [-0.3, -0.25) is 4.79 Å². The van der Waals surface area contributed by atoms with E-state index in [-0.39, 0.29) is 29.6 Å². The van der Waals surface area contributed by atoms with Gasteiger partial charge in [0.05, 0.1) is 9.79 Å². The monoisotopic (exact) mass is 723 g/mol. The van der Waals surface area contributed by atoms with Crippen molar-refractivity contribution in [3.05, 3.63) is 121 Å². The zero-order valence-electron chi connectivity index (χ0n) is 30.0. The standard InChI is InChI=1S/C42H50FN5O3S/c1-3-40-44-22-25-47(40)30-42(33-10-8-11-34(43)26-33,38-14-9-15-39(38)45-41(49)4-2)32-20-23-46(24-21-32)27-31-28-48(29-31)35-16-18-37(19-17-35)52(50,51)36-12-6-5-7-13-36/h4-8,10-13,16-19,22,25-26,31-32,38-39H,2-3,9,14-15,20-21,23-24,27-30H2,1H3,(H,45,49)/t38-,39-,42?/m0/s1. The molecule has 3 aliphatic rings. The fraction of sp³-hybridized carbons (Fsp3) is 0.429. The fourth-order valence-corrected chi connectivity index (χ4v) is 10.7. The van der Waals surface area contributed by atoms with Gasteiger partial charge in [0.1, 0.15) is 11.6 Å². The summed E-state index contributed by atoms with van der Waals surface area (Å²) < 4.78 is 43.5. The number of nitrogens with one attached hydrogen (secondary N) is 1. The fourth-order valence-electron chi connectivity index (χ4n) is 9.40.